The predicted molar refractivity (Wildman–Crippen MR) is 197 cm³/mol. The molecule has 5 aliphatic rings. The summed E-state index contributed by atoms with van der Waals surface area (Å²) in [7, 11) is -3.62. The van der Waals surface area contributed by atoms with Gasteiger partial charge in [-0.2, -0.15) is 0 Å². The average molecular weight is 750 g/mol. The molecule has 5 fully saturated rings. The number of nitrogens with zero attached hydrogens (tertiary/aromatic N) is 1. The molecule has 5 amide bonds. The van der Waals surface area contributed by atoms with Gasteiger partial charge in [0.25, 0.3) is 5.91 Å². The summed E-state index contributed by atoms with van der Waals surface area (Å²) < 4.78 is 32.3. The summed E-state index contributed by atoms with van der Waals surface area (Å²) in [5, 5.41) is 11.6. The van der Waals surface area contributed by atoms with Crippen LogP contribution in [0.3, 0.4) is 0 Å². The summed E-state index contributed by atoms with van der Waals surface area (Å²) in [6.07, 6.45) is 7.75. The maximum atomic E-state index is 14.6. The minimum Gasteiger partial charge on any atom is -0.381 e. The number of likely N-dealkylation sites (tertiary alicyclic amines) is 1. The van der Waals surface area contributed by atoms with Crippen molar-refractivity contribution in [3.63, 3.8) is 0 Å². The molecule has 3 aliphatic carbocycles. The first-order valence-corrected chi connectivity index (χ1v) is 21.2. The molecule has 0 bridgehead atoms. The second-order valence-corrected chi connectivity index (χ2v) is 20.8. The molecule has 52 heavy (non-hydrogen) atoms. The van der Waals surface area contributed by atoms with E-state index in [0.29, 0.717) is 58.3 Å². The largest absolute Gasteiger partial charge is 0.381 e. The number of amides is 5. The number of hydrogen-bond donors (Lipinski definition) is 4. The Hall–Kier alpha value is -2.74. The van der Waals surface area contributed by atoms with Crippen LogP contribution >= 0.6 is 0 Å². The first-order chi connectivity index (χ1) is 24.3. The van der Waals surface area contributed by atoms with Crippen LogP contribution in [0.15, 0.2) is 0 Å². The van der Waals surface area contributed by atoms with Gasteiger partial charge in [-0.25, -0.2) is 13.2 Å². The molecule has 13 nitrogen and oxygen atoms in total. The van der Waals surface area contributed by atoms with Crippen molar-refractivity contribution in [2.24, 2.45) is 22.7 Å². The molecule has 14 heteroatoms. The number of Topliss-reactive ketones (excluding diaryl/α,β-unsaturated/α-hetero) is 1. The molecule has 4 N–H and O–H groups in total. The number of urea groups is 1. The quantitative estimate of drug-likeness (QED) is 0.195. The highest BCUT2D eigenvalue weighted by molar-refractivity contribution is 7.92. The van der Waals surface area contributed by atoms with Crippen molar-refractivity contribution in [3.05, 3.63) is 0 Å². The van der Waals surface area contributed by atoms with Crippen LogP contribution in [0.25, 0.3) is 0 Å². The molecular weight excluding hydrogens is 687 g/mol. The van der Waals surface area contributed by atoms with E-state index in [-0.39, 0.29) is 29.0 Å². The lowest BCUT2D eigenvalue weighted by Crippen LogP contribution is -2.64. The van der Waals surface area contributed by atoms with Gasteiger partial charge in [-0.1, -0.05) is 73.6 Å². The summed E-state index contributed by atoms with van der Waals surface area (Å²) in [5.74, 6) is -2.50. The first-order valence-electron chi connectivity index (χ1n) is 19.6. The van der Waals surface area contributed by atoms with E-state index in [2.05, 4.69) is 35.1 Å². The highest BCUT2D eigenvalue weighted by Gasteiger charge is 2.70. The molecule has 2 aliphatic heterocycles. The molecule has 294 valence electrons. The van der Waals surface area contributed by atoms with Crippen LogP contribution in [-0.4, -0.2) is 103 Å². The zero-order chi connectivity index (χ0) is 38.3. The van der Waals surface area contributed by atoms with Crippen LogP contribution in [0, 0.1) is 22.7 Å². The van der Waals surface area contributed by atoms with Gasteiger partial charge in [-0.3, -0.25) is 19.2 Å². The monoisotopic (exact) mass is 749 g/mol. The zero-order valence-electron chi connectivity index (χ0n) is 32.4. The van der Waals surface area contributed by atoms with Crippen molar-refractivity contribution in [3.8, 4) is 0 Å². The number of carbonyl (C=O) groups excluding carboxylic acids is 5. The Balaban J connectivity index is 1.33. The van der Waals surface area contributed by atoms with Gasteiger partial charge in [0, 0.05) is 25.8 Å². The van der Waals surface area contributed by atoms with Gasteiger partial charge in [0.15, 0.2) is 9.84 Å². The Morgan fingerprint density at radius 3 is 2.13 bits per heavy atom. The number of ketones is 1. The van der Waals surface area contributed by atoms with Crippen molar-refractivity contribution in [2.75, 3.05) is 25.5 Å². The predicted octanol–water partition coefficient (Wildman–Crippen LogP) is 3.39. The summed E-state index contributed by atoms with van der Waals surface area (Å²) in [4.78, 5) is 70.2. The lowest BCUT2D eigenvalue weighted by molar-refractivity contribution is -0.145. The summed E-state index contributed by atoms with van der Waals surface area (Å²) in [6.45, 7) is 14.5. The number of rotatable bonds is 14. The number of nitrogens with one attached hydrogen (secondary N) is 4. The molecule has 0 aromatic rings. The summed E-state index contributed by atoms with van der Waals surface area (Å²) >= 11 is 0. The van der Waals surface area contributed by atoms with Gasteiger partial charge in [0.1, 0.15) is 12.1 Å². The van der Waals surface area contributed by atoms with Crippen LogP contribution in [0.5, 0.6) is 0 Å². The number of hydrogen-bond acceptors (Lipinski definition) is 8. The number of sulfone groups is 1. The molecule has 2 heterocycles. The lowest BCUT2D eigenvalue weighted by atomic mass is 9.83. The third-order valence-corrected chi connectivity index (χ3v) is 15.6. The molecule has 5 rings (SSSR count). The van der Waals surface area contributed by atoms with Crippen molar-refractivity contribution in [2.45, 2.75) is 160 Å². The Morgan fingerprint density at radius 2 is 1.56 bits per heavy atom. The first kappa shape index (κ1) is 40.4. The van der Waals surface area contributed by atoms with Crippen molar-refractivity contribution < 1.29 is 37.1 Å². The van der Waals surface area contributed by atoms with E-state index < -0.39 is 73.2 Å². The van der Waals surface area contributed by atoms with Crippen LogP contribution in [-0.2, 0) is 33.8 Å². The Labute approximate surface area is 310 Å². The van der Waals surface area contributed by atoms with Crippen molar-refractivity contribution in [1.82, 2.24) is 26.2 Å². The number of ether oxygens (including phenoxy) is 1. The number of piperidine rings is 1. The van der Waals surface area contributed by atoms with Gasteiger partial charge >= 0.3 is 6.03 Å². The molecule has 0 spiro atoms. The van der Waals surface area contributed by atoms with E-state index in [1.54, 1.807) is 11.8 Å². The number of fused-ring (bicyclic) bond motifs is 1. The minimum atomic E-state index is -3.62. The average Bonchev–Trinajstić information content (AvgIpc) is 3.92. The molecule has 0 aromatic heterocycles. The summed E-state index contributed by atoms with van der Waals surface area (Å²) in [5.41, 5.74) is -1.94. The fourth-order valence-corrected chi connectivity index (χ4v) is 11.0. The maximum absolute atomic E-state index is 14.6. The Kier molecular flexibility index (Phi) is 11.8. The Bertz CT molecular complexity index is 1490. The molecule has 0 aromatic carbocycles. The molecule has 3 saturated carbocycles. The lowest BCUT2D eigenvalue weighted by Gasteiger charge is -2.42. The third kappa shape index (κ3) is 8.63. The number of carbonyl (C=O) groups is 5. The SMILES string of the molecule is CCCCC(NC(=O)[C@@H]1C2C(CN1C(=O)[C@@H](NC(=O)NC1(CS(=O)(=O)C3(C)CCOCC3)CCCCC1)C(C)(C)C)C2(C)C)C(=O)C(=O)NC1CC1. The smallest absolute Gasteiger partial charge is 0.315 e. The second kappa shape index (κ2) is 15.2. The minimum absolute atomic E-state index is 0.00152. The maximum Gasteiger partial charge on any atom is 0.315 e. The summed E-state index contributed by atoms with van der Waals surface area (Å²) in [6, 6.07) is -3.52. The molecule has 5 atom stereocenters. The second-order valence-electron chi connectivity index (χ2n) is 18.3. The highest BCUT2D eigenvalue weighted by atomic mass is 32.2. The molecule has 3 unspecified atom stereocenters. The van der Waals surface area contributed by atoms with Crippen LogP contribution in [0.2, 0.25) is 0 Å². The van der Waals surface area contributed by atoms with Crippen LogP contribution < -0.4 is 21.3 Å². The molecule has 0 radical (unpaired) electrons. The van der Waals surface area contributed by atoms with E-state index in [1.807, 2.05) is 27.7 Å². The van der Waals surface area contributed by atoms with Crippen molar-refractivity contribution >= 4 is 39.4 Å². The normalized spacial score (nSPS) is 27.4. The van der Waals surface area contributed by atoms with Gasteiger partial charge in [0.2, 0.25) is 17.6 Å². The van der Waals surface area contributed by atoms with Crippen molar-refractivity contribution in [1.29, 1.82) is 0 Å². The molecular formula is C38H63N5O8S. The number of unbranched alkanes of at least 4 members (excludes halogenated alkanes) is 1. The fourth-order valence-electron chi connectivity index (χ4n) is 8.80. The van der Waals surface area contributed by atoms with E-state index >= 15 is 0 Å². The topological polar surface area (TPSA) is 180 Å². The van der Waals surface area contributed by atoms with Crippen LogP contribution in [0.4, 0.5) is 4.79 Å². The van der Waals surface area contributed by atoms with E-state index in [9.17, 15) is 32.4 Å². The standard InChI is InChI=1S/C38H63N5O8S/c1-8-9-13-26(29(44)32(46)39-24-14-15-24)40-31(45)28-27-25(36(27,5)6)22-43(28)33(47)30(35(2,3)4)41-34(48)42-38(16-11-10-12-17-38)23-52(49,50)37(7)18-20-51-21-19-37/h24-28,30H,8-23H2,1-7H3,(H,39,46)(H,40,45)(H2,41,42,48)/t25?,26?,27?,28-,30+/m0/s1. The third-order valence-electron chi connectivity index (χ3n) is 12.7. The van der Waals surface area contributed by atoms with E-state index in [0.717, 1.165) is 38.5 Å². The van der Waals surface area contributed by atoms with Gasteiger partial charge in [-0.15, -0.1) is 0 Å². The molecule has 2 saturated heterocycles. The van der Waals surface area contributed by atoms with Crippen LogP contribution in [0.1, 0.15) is 126 Å². The Morgan fingerprint density at radius 1 is 0.923 bits per heavy atom. The van der Waals surface area contributed by atoms with Gasteiger partial charge in [-0.05, 0) is 74.5 Å². The zero-order valence-corrected chi connectivity index (χ0v) is 33.2. The van der Waals surface area contributed by atoms with E-state index in [4.69, 9.17) is 4.74 Å². The highest BCUT2D eigenvalue weighted by Crippen LogP contribution is 2.65. The van der Waals surface area contributed by atoms with E-state index in [1.165, 1.54) is 0 Å². The van der Waals surface area contributed by atoms with Gasteiger partial charge in [0.05, 0.1) is 22.1 Å². The fraction of sp³-hybridized carbons (Fsp3) is 0.868. The van der Waals surface area contributed by atoms with Gasteiger partial charge < -0.3 is 30.9 Å².